The normalized spacial score (nSPS) is 18.9. The van der Waals surface area contributed by atoms with E-state index in [9.17, 15) is 0 Å². The molecule has 0 N–H and O–H groups in total. The number of alkyl halides is 1. The summed E-state index contributed by atoms with van der Waals surface area (Å²) in [7, 11) is 1.84. The number of hydrogen-bond acceptors (Lipinski definition) is 2. The summed E-state index contributed by atoms with van der Waals surface area (Å²) in [5.41, 5.74) is 6.85. The van der Waals surface area contributed by atoms with Crippen molar-refractivity contribution in [3.05, 3.63) is 70.5 Å². The fourth-order valence-corrected chi connectivity index (χ4v) is 3.07. The molecule has 1 aromatic carbocycles. The second kappa shape index (κ2) is 9.05. The fraction of sp³-hybridized carbons (Fsp3) is 0.409. The first-order valence-corrected chi connectivity index (χ1v) is 9.32. The Bertz CT molecular complexity index is 708. The molecule has 0 aromatic heterocycles. The quantitative estimate of drug-likeness (QED) is 0.421. The molecular formula is C22H28ClNO. The van der Waals surface area contributed by atoms with Crippen LogP contribution < -0.4 is 0 Å². The molecule has 0 spiro atoms. The molecule has 1 aromatic rings. The predicted molar refractivity (Wildman–Crippen MR) is 109 cm³/mol. The lowest BCUT2D eigenvalue weighted by Crippen LogP contribution is -2.08. The molecule has 0 fully saturated rings. The number of benzene rings is 1. The molecule has 1 aliphatic rings. The summed E-state index contributed by atoms with van der Waals surface area (Å²) in [6, 6.07) is 8.42. The highest BCUT2D eigenvalue weighted by Crippen LogP contribution is 2.30. The Balaban J connectivity index is 2.11. The number of nitrogens with zero attached hydrogens (tertiary/aromatic N) is 1. The third-order valence-corrected chi connectivity index (χ3v) is 4.86. The SMILES string of the molecule is C=C(CC)C(OCCc1ccc(C(C)Cl)cc1)=C1C(C)=CCC1=NC. The van der Waals surface area contributed by atoms with Crippen LogP contribution in [0.25, 0.3) is 0 Å². The monoisotopic (exact) mass is 357 g/mol. The summed E-state index contributed by atoms with van der Waals surface area (Å²) in [6.07, 6.45) is 4.80. The maximum absolute atomic E-state index is 6.20. The number of hydrogen-bond donors (Lipinski definition) is 0. The first-order chi connectivity index (χ1) is 12.0. The van der Waals surface area contributed by atoms with Gasteiger partial charge in [0.05, 0.1) is 12.0 Å². The number of ether oxygens (including phenoxy) is 1. The van der Waals surface area contributed by atoms with E-state index in [1.165, 1.54) is 11.1 Å². The van der Waals surface area contributed by atoms with Crippen LogP contribution in [0.5, 0.6) is 0 Å². The summed E-state index contributed by atoms with van der Waals surface area (Å²) >= 11 is 6.11. The Morgan fingerprint density at radius 2 is 2.00 bits per heavy atom. The maximum Gasteiger partial charge on any atom is 0.131 e. The number of aliphatic imine (C=N–C) groups is 1. The van der Waals surface area contributed by atoms with Gasteiger partial charge >= 0.3 is 0 Å². The minimum Gasteiger partial charge on any atom is -0.492 e. The molecule has 25 heavy (non-hydrogen) atoms. The molecule has 134 valence electrons. The molecule has 1 atom stereocenters. The Morgan fingerprint density at radius 3 is 2.56 bits per heavy atom. The van der Waals surface area contributed by atoms with Gasteiger partial charge in [-0.1, -0.05) is 43.8 Å². The molecule has 1 aliphatic carbocycles. The van der Waals surface area contributed by atoms with Gasteiger partial charge in [-0.2, -0.15) is 0 Å². The van der Waals surface area contributed by atoms with E-state index in [-0.39, 0.29) is 5.38 Å². The zero-order valence-corrected chi connectivity index (χ0v) is 16.5. The van der Waals surface area contributed by atoms with E-state index in [4.69, 9.17) is 16.3 Å². The standard InChI is InChI=1S/C22H28ClNO/c1-6-15(2)22(21-16(3)7-12-20(21)24-5)25-14-13-18-8-10-19(11-9-18)17(4)23/h7-11,17H,2,6,12-14H2,1,3-5H3. The van der Waals surface area contributed by atoms with E-state index < -0.39 is 0 Å². The summed E-state index contributed by atoms with van der Waals surface area (Å²) in [5, 5.41) is 0.0402. The molecule has 2 nitrogen and oxygen atoms in total. The Morgan fingerprint density at radius 1 is 1.32 bits per heavy atom. The summed E-state index contributed by atoms with van der Waals surface area (Å²) in [6.45, 7) is 11.0. The van der Waals surface area contributed by atoms with Crippen molar-refractivity contribution < 1.29 is 4.74 Å². The van der Waals surface area contributed by atoms with E-state index in [0.717, 1.165) is 47.4 Å². The highest BCUT2D eigenvalue weighted by molar-refractivity contribution is 6.20. The van der Waals surface area contributed by atoms with Crippen LogP contribution in [0.15, 0.2) is 64.4 Å². The van der Waals surface area contributed by atoms with Crippen LogP contribution in [0, 0.1) is 0 Å². The van der Waals surface area contributed by atoms with Crippen molar-refractivity contribution in [2.24, 2.45) is 4.99 Å². The van der Waals surface area contributed by atoms with Gasteiger partial charge in [0.25, 0.3) is 0 Å². The zero-order chi connectivity index (χ0) is 18.4. The van der Waals surface area contributed by atoms with Crippen LogP contribution in [0.2, 0.25) is 0 Å². The molecular weight excluding hydrogens is 330 g/mol. The topological polar surface area (TPSA) is 21.6 Å². The lowest BCUT2D eigenvalue weighted by molar-refractivity contribution is 0.221. The van der Waals surface area contributed by atoms with Gasteiger partial charge in [0.1, 0.15) is 5.76 Å². The van der Waals surface area contributed by atoms with Crippen molar-refractivity contribution in [1.82, 2.24) is 0 Å². The van der Waals surface area contributed by atoms with E-state index in [0.29, 0.717) is 6.61 Å². The number of allylic oxidation sites excluding steroid dienone is 4. The highest BCUT2D eigenvalue weighted by atomic mass is 35.5. The second-order valence-corrected chi connectivity index (χ2v) is 7.03. The van der Waals surface area contributed by atoms with Gasteiger partial charge in [-0.25, -0.2) is 0 Å². The van der Waals surface area contributed by atoms with Crippen molar-refractivity contribution in [2.75, 3.05) is 13.7 Å². The van der Waals surface area contributed by atoms with Crippen LogP contribution in [0.1, 0.15) is 50.1 Å². The van der Waals surface area contributed by atoms with Crippen LogP contribution in [-0.2, 0) is 11.2 Å². The van der Waals surface area contributed by atoms with Crippen molar-refractivity contribution in [2.45, 2.75) is 45.4 Å². The molecule has 0 amide bonds. The van der Waals surface area contributed by atoms with Gasteiger partial charge in [-0.05, 0) is 42.5 Å². The highest BCUT2D eigenvalue weighted by Gasteiger charge is 2.21. The molecule has 3 heteroatoms. The zero-order valence-electron chi connectivity index (χ0n) is 15.7. The Kier molecular flexibility index (Phi) is 7.07. The van der Waals surface area contributed by atoms with Gasteiger partial charge in [0.15, 0.2) is 0 Å². The summed E-state index contributed by atoms with van der Waals surface area (Å²) in [5.74, 6) is 0.903. The van der Waals surface area contributed by atoms with Crippen molar-refractivity contribution in [3.8, 4) is 0 Å². The molecule has 2 rings (SSSR count). The van der Waals surface area contributed by atoms with E-state index in [2.05, 4.69) is 55.8 Å². The molecule has 0 aliphatic heterocycles. The van der Waals surface area contributed by atoms with Crippen LogP contribution in [-0.4, -0.2) is 19.4 Å². The number of halogens is 1. The smallest absolute Gasteiger partial charge is 0.131 e. The first kappa shape index (κ1) is 19.5. The third-order valence-electron chi connectivity index (χ3n) is 4.61. The summed E-state index contributed by atoms with van der Waals surface area (Å²) < 4.78 is 6.20. The minimum absolute atomic E-state index is 0.0402. The molecule has 0 radical (unpaired) electrons. The van der Waals surface area contributed by atoms with E-state index in [1.807, 2.05) is 14.0 Å². The van der Waals surface area contributed by atoms with E-state index in [1.54, 1.807) is 0 Å². The first-order valence-electron chi connectivity index (χ1n) is 8.89. The van der Waals surface area contributed by atoms with Crippen molar-refractivity contribution >= 4 is 17.3 Å². The largest absolute Gasteiger partial charge is 0.492 e. The average Bonchev–Trinajstić information content (AvgIpc) is 2.99. The fourth-order valence-electron chi connectivity index (χ4n) is 2.93. The van der Waals surface area contributed by atoms with Crippen LogP contribution in [0.3, 0.4) is 0 Å². The van der Waals surface area contributed by atoms with Crippen LogP contribution >= 0.6 is 11.6 Å². The van der Waals surface area contributed by atoms with Gasteiger partial charge in [-0.3, -0.25) is 4.99 Å². The van der Waals surface area contributed by atoms with Crippen molar-refractivity contribution in [1.29, 1.82) is 0 Å². The van der Waals surface area contributed by atoms with Crippen LogP contribution in [0.4, 0.5) is 0 Å². The Hall–Kier alpha value is -1.80. The van der Waals surface area contributed by atoms with Gasteiger partial charge in [0, 0.05) is 31.2 Å². The van der Waals surface area contributed by atoms with Gasteiger partial charge in [-0.15, -0.1) is 11.6 Å². The second-order valence-electron chi connectivity index (χ2n) is 6.38. The maximum atomic E-state index is 6.20. The molecule has 0 bridgehead atoms. The van der Waals surface area contributed by atoms with Gasteiger partial charge in [0.2, 0.25) is 0 Å². The number of rotatable bonds is 7. The predicted octanol–water partition coefficient (Wildman–Crippen LogP) is 6.19. The molecule has 1 unspecified atom stereocenters. The van der Waals surface area contributed by atoms with Gasteiger partial charge < -0.3 is 4.74 Å². The lowest BCUT2D eigenvalue weighted by Gasteiger charge is -2.17. The molecule has 0 heterocycles. The third kappa shape index (κ3) is 4.85. The summed E-state index contributed by atoms with van der Waals surface area (Å²) in [4.78, 5) is 4.42. The van der Waals surface area contributed by atoms with E-state index >= 15 is 0 Å². The lowest BCUT2D eigenvalue weighted by atomic mass is 10.0. The van der Waals surface area contributed by atoms with Crippen molar-refractivity contribution in [3.63, 3.8) is 0 Å². The molecule has 0 saturated heterocycles. The minimum atomic E-state index is 0.0402. The molecule has 0 saturated carbocycles. The Labute approximate surface area is 157 Å². The average molecular weight is 358 g/mol.